The van der Waals surface area contributed by atoms with E-state index in [1.807, 2.05) is 62.4 Å². The van der Waals surface area contributed by atoms with Gasteiger partial charge in [0, 0.05) is 34.2 Å². The maximum Gasteiger partial charge on any atom is 0.323 e. The molecule has 0 radical (unpaired) electrons. The summed E-state index contributed by atoms with van der Waals surface area (Å²) in [5.41, 5.74) is 5.87. The first-order valence-electron chi connectivity index (χ1n) is 9.76. The first-order valence-corrected chi connectivity index (χ1v) is 10.1. The molecule has 30 heavy (non-hydrogen) atoms. The third-order valence-corrected chi connectivity index (χ3v) is 5.47. The molecule has 3 aromatic carbocycles. The number of nitrogens with zero attached hydrogens (tertiary/aromatic N) is 1. The van der Waals surface area contributed by atoms with E-state index in [2.05, 4.69) is 10.6 Å². The topological polar surface area (TPSA) is 61.4 Å². The summed E-state index contributed by atoms with van der Waals surface area (Å²) in [5.74, 6) is -0.0371. The fourth-order valence-electron chi connectivity index (χ4n) is 3.53. The summed E-state index contributed by atoms with van der Waals surface area (Å²) >= 11 is 6.02. The van der Waals surface area contributed by atoms with Gasteiger partial charge < -0.3 is 15.5 Å². The smallest absolute Gasteiger partial charge is 0.308 e. The first-order chi connectivity index (χ1) is 14.4. The van der Waals surface area contributed by atoms with Crippen LogP contribution in [-0.2, 0) is 6.42 Å². The van der Waals surface area contributed by atoms with Crippen molar-refractivity contribution >= 4 is 40.6 Å². The number of hydrogen-bond donors (Lipinski definition) is 2. The zero-order chi connectivity index (χ0) is 21.3. The quantitative estimate of drug-likeness (QED) is 0.563. The molecule has 0 unspecified atom stereocenters. The largest absolute Gasteiger partial charge is 0.323 e. The number of fused-ring (bicyclic) bond motifs is 1. The van der Waals surface area contributed by atoms with E-state index in [-0.39, 0.29) is 11.9 Å². The van der Waals surface area contributed by atoms with Crippen LogP contribution in [0.25, 0.3) is 0 Å². The van der Waals surface area contributed by atoms with Crippen molar-refractivity contribution in [1.29, 1.82) is 0 Å². The molecule has 4 rings (SSSR count). The van der Waals surface area contributed by atoms with Gasteiger partial charge in [-0.25, -0.2) is 4.79 Å². The van der Waals surface area contributed by atoms with Crippen molar-refractivity contribution in [2.45, 2.75) is 20.3 Å². The molecule has 3 aromatic rings. The fourth-order valence-corrected chi connectivity index (χ4v) is 3.71. The highest BCUT2D eigenvalue weighted by molar-refractivity contribution is 6.31. The second kappa shape index (κ2) is 8.20. The number of carbonyl (C=O) groups is 2. The molecule has 1 heterocycles. The Hall–Kier alpha value is -3.31. The van der Waals surface area contributed by atoms with Gasteiger partial charge in [0.2, 0.25) is 0 Å². The molecular weight excluding hydrogens is 398 g/mol. The molecule has 1 aliphatic rings. The van der Waals surface area contributed by atoms with Crippen LogP contribution in [0.3, 0.4) is 0 Å². The maximum absolute atomic E-state index is 13.0. The lowest BCUT2D eigenvalue weighted by Gasteiger charge is -2.18. The zero-order valence-electron chi connectivity index (χ0n) is 16.8. The molecule has 0 fully saturated rings. The molecule has 3 amide bonds. The van der Waals surface area contributed by atoms with Gasteiger partial charge in [-0.2, -0.15) is 0 Å². The molecule has 0 saturated heterocycles. The van der Waals surface area contributed by atoms with Crippen LogP contribution in [0.5, 0.6) is 0 Å². The predicted molar refractivity (Wildman–Crippen MR) is 122 cm³/mol. The Labute approximate surface area is 180 Å². The number of amides is 3. The Morgan fingerprint density at radius 2 is 1.70 bits per heavy atom. The molecule has 2 N–H and O–H groups in total. The van der Waals surface area contributed by atoms with Gasteiger partial charge in [-0.15, -0.1) is 0 Å². The minimum Gasteiger partial charge on any atom is -0.308 e. The molecule has 0 bridgehead atoms. The van der Waals surface area contributed by atoms with Crippen molar-refractivity contribution in [3.05, 3.63) is 87.9 Å². The molecule has 0 aromatic heterocycles. The van der Waals surface area contributed by atoms with Gasteiger partial charge in [0.25, 0.3) is 5.91 Å². The number of rotatable bonds is 3. The molecule has 1 aliphatic heterocycles. The second-order valence-corrected chi connectivity index (χ2v) is 7.89. The van der Waals surface area contributed by atoms with Crippen molar-refractivity contribution in [1.82, 2.24) is 0 Å². The lowest BCUT2D eigenvalue weighted by Crippen LogP contribution is -2.29. The summed E-state index contributed by atoms with van der Waals surface area (Å²) < 4.78 is 0. The summed E-state index contributed by atoms with van der Waals surface area (Å²) in [4.78, 5) is 27.2. The summed E-state index contributed by atoms with van der Waals surface area (Å²) in [6, 6.07) is 18.2. The van der Waals surface area contributed by atoms with E-state index in [1.165, 1.54) is 0 Å². The Balaban J connectivity index is 1.51. The van der Waals surface area contributed by atoms with Crippen LogP contribution in [0, 0.1) is 13.8 Å². The summed E-state index contributed by atoms with van der Waals surface area (Å²) in [7, 11) is 0. The SMILES string of the molecule is Cc1ccc(C(=O)N2CCc3ccc(NC(=O)Nc4cc(Cl)ccc4C)cc32)cc1. The normalized spacial score (nSPS) is 12.4. The van der Waals surface area contributed by atoms with E-state index in [9.17, 15) is 9.59 Å². The monoisotopic (exact) mass is 419 g/mol. The van der Waals surface area contributed by atoms with Crippen molar-refractivity contribution in [2.75, 3.05) is 22.1 Å². The lowest BCUT2D eigenvalue weighted by molar-refractivity contribution is 0.0989. The van der Waals surface area contributed by atoms with E-state index < -0.39 is 0 Å². The molecule has 0 spiro atoms. The zero-order valence-corrected chi connectivity index (χ0v) is 17.6. The van der Waals surface area contributed by atoms with E-state index >= 15 is 0 Å². The van der Waals surface area contributed by atoms with E-state index in [1.54, 1.807) is 17.0 Å². The van der Waals surface area contributed by atoms with Crippen LogP contribution in [0.15, 0.2) is 60.7 Å². The number of carbonyl (C=O) groups excluding carboxylic acids is 2. The molecule has 152 valence electrons. The number of benzene rings is 3. The van der Waals surface area contributed by atoms with Crippen molar-refractivity contribution in [3.8, 4) is 0 Å². The summed E-state index contributed by atoms with van der Waals surface area (Å²) in [6.45, 7) is 4.52. The average molecular weight is 420 g/mol. The van der Waals surface area contributed by atoms with E-state index in [0.29, 0.717) is 28.5 Å². The minimum absolute atomic E-state index is 0.0371. The Bertz CT molecular complexity index is 1130. The highest BCUT2D eigenvalue weighted by Crippen LogP contribution is 2.32. The van der Waals surface area contributed by atoms with Gasteiger partial charge >= 0.3 is 6.03 Å². The summed E-state index contributed by atoms with van der Waals surface area (Å²) in [5, 5.41) is 6.21. The minimum atomic E-state index is -0.366. The molecule has 6 heteroatoms. The van der Waals surface area contributed by atoms with Crippen LogP contribution in [0.1, 0.15) is 27.0 Å². The van der Waals surface area contributed by atoms with Gasteiger partial charge in [-0.1, -0.05) is 41.4 Å². The van der Waals surface area contributed by atoms with Crippen LogP contribution in [0.4, 0.5) is 21.9 Å². The Kier molecular flexibility index (Phi) is 5.46. The Morgan fingerprint density at radius 3 is 2.47 bits per heavy atom. The third-order valence-electron chi connectivity index (χ3n) is 5.23. The molecular formula is C24H22ClN3O2. The number of halogens is 1. The molecule has 0 aliphatic carbocycles. The molecule has 5 nitrogen and oxygen atoms in total. The van der Waals surface area contributed by atoms with Crippen molar-refractivity contribution in [3.63, 3.8) is 0 Å². The highest BCUT2D eigenvalue weighted by atomic mass is 35.5. The van der Waals surface area contributed by atoms with Gasteiger partial charge in [0.15, 0.2) is 0 Å². The Morgan fingerprint density at radius 1 is 0.933 bits per heavy atom. The molecule has 0 atom stereocenters. The van der Waals surface area contributed by atoms with Gasteiger partial charge in [0.05, 0.1) is 0 Å². The maximum atomic E-state index is 13.0. The van der Waals surface area contributed by atoms with E-state index in [0.717, 1.165) is 28.8 Å². The average Bonchev–Trinajstić information content (AvgIpc) is 3.14. The predicted octanol–water partition coefficient (Wildman–Crippen LogP) is 5.80. The van der Waals surface area contributed by atoms with Gasteiger partial charge in [-0.05, 0) is 67.8 Å². The number of anilines is 3. The first kappa shape index (κ1) is 20.0. The van der Waals surface area contributed by atoms with Gasteiger partial charge in [-0.3, -0.25) is 4.79 Å². The van der Waals surface area contributed by atoms with Crippen molar-refractivity contribution in [2.24, 2.45) is 0 Å². The standard InChI is InChI=1S/C24H22ClN3O2/c1-15-3-6-18(7-4-15)23(29)28-12-11-17-8-10-20(14-22(17)28)26-24(30)27-21-13-19(25)9-5-16(21)2/h3-10,13-14H,11-12H2,1-2H3,(H2,26,27,30). The van der Waals surface area contributed by atoms with Gasteiger partial charge in [0.1, 0.15) is 0 Å². The fraction of sp³-hybridized carbons (Fsp3) is 0.167. The van der Waals surface area contributed by atoms with Crippen LogP contribution < -0.4 is 15.5 Å². The number of urea groups is 1. The number of hydrogen-bond acceptors (Lipinski definition) is 2. The number of aryl methyl sites for hydroxylation is 2. The van der Waals surface area contributed by atoms with Crippen LogP contribution >= 0.6 is 11.6 Å². The lowest BCUT2D eigenvalue weighted by atomic mass is 10.1. The third kappa shape index (κ3) is 4.16. The molecule has 0 saturated carbocycles. The van der Waals surface area contributed by atoms with Crippen LogP contribution in [0.2, 0.25) is 5.02 Å². The highest BCUT2D eigenvalue weighted by Gasteiger charge is 2.26. The van der Waals surface area contributed by atoms with Crippen LogP contribution in [-0.4, -0.2) is 18.5 Å². The second-order valence-electron chi connectivity index (χ2n) is 7.45. The summed E-state index contributed by atoms with van der Waals surface area (Å²) in [6.07, 6.45) is 0.793. The van der Waals surface area contributed by atoms with E-state index in [4.69, 9.17) is 11.6 Å². The van der Waals surface area contributed by atoms with Crippen molar-refractivity contribution < 1.29 is 9.59 Å². The number of nitrogens with one attached hydrogen (secondary N) is 2.